The van der Waals surface area contributed by atoms with Gasteiger partial charge in [-0.05, 0) is 130 Å². The van der Waals surface area contributed by atoms with Crippen molar-refractivity contribution in [2.45, 2.75) is 232 Å². The first kappa shape index (κ1) is 89.9. The summed E-state index contributed by atoms with van der Waals surface area (Å²) in [5.74, 6) is -4.75. The molecule has 28 nitrogen and oxygen atoms in total. The summed E-state index contributed by atoms with van der Waals surface area (Å²) in [6, 6.07) is 8.34. The standard InChI is InChI=1S/C78H123N11O17S/c1-17-48(8)68(85-74(99)57(45(2)3)38-60(92)70(47(6)7)87(12)13)61(104-15)39-65(95)89-42-55(90)37-58(89)71(105-16)49(9)72(97)82-50(10)69(52-26-30-56(103-14)31-27-52)86-77(102)106-43-51-24-28-54(29-25-51)83-73(98)53(22-21-34-81-76(79)101)36-59(91)67(46(4)5)84-63(93)23-19-18-20-35-88-66(96)40-62(75(88)100)107-44-78(32-33-78)41-64(94)80-11/h24-31,45-50,53,55,57-58,61-62,67-71,90H,17-23,32-44H2,1-16H3,(H,80,94)(H,82,97)(H,83,98)(H,84,93)(H,85,99)(H,86,102)(H3,79,81,101)/t48-,49+,50+,53+,55-,57-,58-,61+,62?,67-,68-,69?,70-,71+/m0/s1. The molecule has 2 aliphatic heterocycles. The van der Waals surface area contributed by atoms with Crippen molar-refractivity contribution in [1.29, 1.82) is 0 Å². The van der Waals surface area contributed by atoms with E-state index in [0.29, 0.717) is 66.8 Å². The summed E-state index contributed by atoms with van der Waals surface area (Å²) < 4.78 is 23.2. The van der Waals surface area contributed by atoms with E-state index in [4.69, 9.17) is 24.7 Å². The van der Waals surface area contributed by atoms with Crippen LogP contribution in [0, 0.1) is 46.8 Å². The molecular weight excluding hydrogens is 1390 g/mol. The fraction of sp³-hybridized carbons (Fsp3) is 0.692. The van der Waals surface area contributed by atoms with E-state index in [2.05, 4.69) is 37.2 Å². The lowest BCUT2D eigenvalue weighted by Gasteiger charge is -2.37. The second-order valence-electron chi connectivity index (χ2n) is 30.7. The second kappa shape index (κ2) is 43.5. The molecule has 11 amide bonds. The van der Waals surface area contributed by atoms with Crippen molar-refractivity contribution in [3.8, 4) is 5.75 Å². The molecule has 3 fully saturated rings. The first-order valence-corrected chi connectivity index (χ1v) is 39.0. The number of ketones is 2. The highest BCUT2D eigenvalue weighted by molar-refractivity contribution is 8.00. The molecule has 0 aromatic heterocycles. The van der Waals surface area contributed by atoms with Crippen LogP contribution in [0.4, 0.5) is 15.3 Å². The molecule has 0 bridgehead atoms. The lowest BCUT2D eigenvalue weighted by Crippen LogP contribution is -2.54. The summed E-state index contributed by atoms with van der Waals surface area (Å²) in [5.41, 5.74) is 6.69. The number of thioether (sulfide) groups is 1. The molecule has 2 heterocycles. The Hall–Kier alpha value is -7.73. The quantitative estimate of drug-likeness (QED) is 0.0238. The number of nitrogens with one attached hydrogen (secondary N) is 7. The van der Waals surface area contributed by atoms with E-state index in [1.54, 1.807) is 83.3 Å². The number of hydrogen-bond donors (Lipinski definition) is 9. The molecule has 2 aromatic rings. The number of alkyl carbamates (subject to hydrolysis) is 1. The normalized spacial score (nSPS) is 19.3. The van der Waals surface area contributed by atoms with Gasteiger partial charge < -0.3 is 71.9 Å². The number of hydrogen-bond acceptors (Lipinski definition) is 19. The monoisotopic (exact) mass is 1520 g/mol. The highest BCUT2D eigenvalue weighted by atomic mass is 32.2. The maximum Gasteiger partial charge on any atom is 0.408 e. The van der Waals surface area contributed by atoms with E-state index in [0.717, 1.165) is 12.8 Å². The Labute approximate surface area is 636 Å². The number of carbonyl (C=O) groups excluding carboxylic acids is 12. The van der Waals surface area contributed by atoms with Gasteiger partial charge in [0.25, 0.3) is 0 Å². The van der Waals surface area contributed by atoms with E-state index in [-0.39, 0.29) is 153 Å². The number of rotatable bonds is 47. The fourth-order valence-corrected chi connectivity index (χ4v) is 15.9. The zero-order valence-electron chi connectivity index (χ0n) is 65.9. The minimum Gasteiger partial charge on any atom is -0.497 e. The topological polar surface area (TPSA) is 382 Å². The molecule has 1 saturated carbocycles. The zero-order valence-corrected chi connectivity index (χ0v) is 66.7. The number of methoxy groups -OCH3 is 3. The van der Waals surface area contributed by atoms with Gasteiger partial charge in [0.15, 0.2) is 11.6 Å². The van der Waals surface area contributed by atoms with Gasteiger partial charge in [0, 0.05) is 96.3 Å². The maximum atomic E-state index is 14.6. The van der Waals surface area contributed by atoms with Crippen molar-refractivity contribution in [1.82, 2.24) is 46.6 Å². The Bertz CT molecular complexity index is 3290. The largest absolute Gasteiger partial charge is 0.497 e. The van der Waals surface area contributed by atoms with Gasteiger partial charge in [-0.15, -0.1) is 11.8 Å². The van der Waals surface area contributed by atoms with Crippen molar-refractivity contribution < 1.29 is 81.6 Å². The van der Waals surface area contributed by atoms with Crippen LogP contribution in [0.2, 0.25) is 0 Å². The number of anilines is 1. The molecule has 14 atom stereocenters. The fourth-order valence-electron chi connectivity index (χ4n) is 14.4. The van der Waals surface area contributed by atoms with Crippen molar-refractivity contribution in [3.63, 3.8) is 0 Å². The molecule has 5 rings (SSSR count). The Morgan fingerprint density at radius 1 is 0.748 bits per heavy atom. The van der Waals surface area contributed by atoms with E-state index in [1.807, 2.05) is 60.5 Å². The van der Waals surface area contributed by atoms with Crippen LogP contribution in [0.5, 0.6) is 5.75 Å². The highest BCUT2D eigenvalue weighted by Crippen LogP contribution is 2.52. The number of urea groups is 1. The number of primary amides is 1. The average molecular weight is 1520 g/mol. The molecule has 10 N–H and O–H groups in total. The molecule has 107 heavy (non-hydrogen) atoms. The van der Waals surface area contributed by atoms with Crippen molar-refractivity contribution in [2.24, 2.45) is 52.6 Å². The minimum absolute atomic E-state index is 0.0290. The van der Waals surface area contributed by atoms with Gasteiger partial charge in [-0.25, -0.2) is 9.59 Å². The van der Waals surface area contributed by atoms with Crippen LogP contribution in [-0.4, -0.2) is 212 Å². The molecule has 598 valence electrons. The van der Waals surface area contributed by atoms with Crippen LogP contribution in [-0.2, 0) is 68.8 Å². The van der Waals surface area contributed by atoms with Crippen LogP contribution >= 0.6 is 11.8 Å². The molecule has 2 saturated heterocycles. The first-order valence-electron chi connectivity index (χ1n) is 37.9. The molecule has 0 spiro atoms. The van der Waals surface area contributed by atoms with E-state index in [1.165, 1.54) is 42.9 Å². The van der Waals surface area contributed by atoms with Gasteiger partial charge in [0.2, 0.25) is 47.3 Å². The van der Waals surface area contributed by atoms with E-state index in [9.17, 15) is 62.6 Å². The van der Waals surface area contributed by atoms with Crippen LogP contribution in [0.15, 0.2) is 48.5 Å². The molecule has 2 unspecified atom stereocenters. The number of aliphatic hydroxyl groups excluding tert-OH is 1. The first-order chi connectivity index (χ1) is 50.6. The number of unbranched alkanes of at least 4 members (excludes halogenated alkanes) is 2. The number of aliphatic hydroxyl groups is 1. The SMILES string of the molecule is CC[C@H](C)[C@H](NC(=O)[C@@H](CC(=O)[C@H](C(C)C)N(C)C)C(C)C)[C@@H](CC(=O)N1C[C@@H](O)C[C@H]1[C@H](OC)[C@@H](C)C(=O)N[C@H](C)C(NC(=O)OCc1ccc(NC(=O)[C@H](CCCNC(N)=O)CC(=O)[C@@H](NC(=O)CCCCCN2C(=O)CC(SCC3(CC(=O)NC)CC3)C2=O)C(C)C)cc1)c1ccc(OC)cc1)OC. The lowest BCUT2D eigenvalue weighted by atomic mass is 9.84. The lowest BCUT2D eigenvalue weighted by molar-refractivity contribution is -0.143. The average Bonchev–Trinajstić information content (AvgIpc) is 1.65. The number of imide groups is 1. The molecule has 0 radical (unpaired) electrons. The van der Waals surface area contributed by atoms with Gasteiger partial charge in [-0.3, -0.25) is 57.7 Å². The molecule has 2 aromatic carbocycles. The number of benzene rings is 2. The van der Waals surface area contributed by atoms with E-state index < -0.39 is 95.5 Å². The smallest absolute Gasteiger partial charge is 0.408 e. The molecule has 29 heteroatoms. The summed E-state index contributed by atoms with van der Waals surface area (Å²) >= 11 is 1.45. The number of nitrogens with two attached hydrogens (primary N) is 1. The Balaban J connectivity index is 1.17. The number of likely N-dealkylation sites (tertiary alicyclic amines) is 2. The predicted molar refractivity (Wildman–Crippen MR) is 408 cm³/mol. The third-order valence-electron chi connectivity index (χ3n) is 21.2. The van der Waals surface area contributed by atoms with Crippen LogP contribution in [0.25, 0.3) is 0 Å². The van der Waals surface area contributed by atoms with Crippen LogP contribution in [0.1, 0.15) is 183 Å². The highest BCUT2D eigenvalue weighted by Gasteiger charge is 2.48. The summed E-state index contributed by atoms with van der Waals surface area (Å²) in [6.45, 7) is 18.8. The van der Waals surface area contributed by atoms with Crippen molar-refractivity contribution in [2.75, 3.05) is 73.2 Å². The number of carbonyl (C=O) groups is 12. The predicted octanol–water partition coefficient (Wildman–Crippen LogP) is 6.97. The third-order valence-corrected chi connectivity index (χ3v) is 22.7. The summed E-state index contributed by atoms with van der Waals surface area (Å²) in [5, 5.41) is 30.7. The number of amides is 11. The van der Waals surface area contributed by atoms with Crippen LogP contribution < -0.4 is 47.7 Å². The third kappa shape index (κ3) is 27.4. The van der Waals surface area contributed by atoms with Gasteiger partial charge in [0.05, 0.1) is 79.3 Å². The summed E-state index contributed by atoms with van der Waals surface area (Å²) in [6.07, 6.45) is 1.31. The molecular formula is C78H123N11O17S. The summed E-state index contributed by atoms with van der Waals surface area (Å²) in [7, 11) is 9.73. The Morgan fingerprint density at radius 2 is 1.42 bits per heavy atom. The van der Waals surface area contributed by atoms with Crippen LogP contribution in [0.3, 0.4) is 0 Å². The maximum absolute atomic E-state index is 14.6. The Kier molecular flexibility index (Phi) is 36.5. The van der Waals surface area contributed by atoms with Crippen molar-refractivity contribution in [3.05, 3.63) is 59.7 Å². The number of likely N-dealkylation sites (N-methyl/N-ethyl adjacent to an activating group) is 1. The number of β-amino-alcohol motifs (C(OH)–C–C–N with tert-alkyl or cyclic N) is 1. The van der Waals surface area contributed by atoms with Gasteiger partial charge in [0.1, 0.15) is 12.4 Å². The minimum atomic E-state index is -0.940. The van der Waals surface area contributed by atoms with Gasteiger partial charge in [-0.1, -0.05) is 99.4 Å². The summed E-state index contributed by atoms with van der Waals surface area (Å²) in [4.78, 5) is 166. The van der Waals surface area contributed by atoms with E-state index >= 15 is 0 Å². The molecule has 1 aliphatic carbocycles. The van der Waals surface area contributed by atoms with Gasteiger partial charge in [-0.2, -0.15) is 0 Å². The number of Topliss-reactive ketones (excluding diaryl/α,β-unsaturated/α-hetero) is 2. The Morgan fingerprint density at radius 3 is 1.99 bits per heavy atom. The van der Waals surface area contributed by atoms with Crippen molar-refractivity contribution >= 4 is 88.4 Å². The van der Waals surface area contributed by atoms with Gasteiger partial charge >= 0.3 is 12.1 Å². The zero-order chi connectivity index (χ0) is 79.6. The number of ether oxygens (including phenoxy) is 4. The molecule has 3 aliphatic rings. The second-order valence-corrected chi connectivity index (χ2v) is 31.8. The number of nitrogens with zero attached hydrogens (tertiary/aromatic N) is 3.